The second kappa shape index (κ2) is 6.22. The summed E-state index contributed by atoms with van der Waals surface area (Å²) in [5, 5.41) is 3.48. The van der Waals surface area contributed by atoms with E-state index in [4.69, 9.17) is 10.2 Å². The van der Waals surface area contributed by atoms with Crippen LogP contribution < -0.4 is 11.1 Å². The van der Waals surface area contributed by atoms with Crippen LogP contribution in [0.3, 0.4) is 0 Å². The fourth-order valence-electron chi connectivity index (χ4n) is 1.72. The van der Waals surface area contributed by atoms with Gasteiger partial charge in [-0.25, -0.2) is 0 Å². The first-order chi connectivity index (χ1) is 7.89. The Bertz CT molecular complexity index is 301. The number of hydrogen-bond donors (Lipinski definition) is 2. The molecule has 0 radical (unpaired) electrons. The lowest BCUT2D eigenvalue weighted by Crippen LogP contribution is -2.39. The molecule has 1 rings (SSSR count). The first-order valence-electron chi connectivity index (χ1n) is 6.41. The van der Waals surface area contributed by atoms with Crippen LogP contribution in [0, 0.1) is 5.41 Å². The number of nitrogens with two attached hydrogens (primary N) is 1. The third kappa shape index (κ3) is 5.37. The molecule has 0 aliphatic carbocycles. The molecular weight excluding hydrogens is 212 g/mol. The molecule has 1 aromatic rings. The summed E-state index contributed by atoms with van der Waals surface area (Å²) in [6, 6.07) is 4.61. The number of furan rings is 1. The van der Waals surface area contributed by atoms with Crippen molar-refractivity contribution in [1.82, 2.24) is 5.32 Å². The molecule has 1 heterocycles. The molecule has 0 aliphatic rings. The Balaban J connectivity index is 2.18. The van der Waals surface area contributed by atoms with Crippen molar-refractivity contribution in [2.45, 2.75) is 52.6 Å². The van der Waals surface area contributed by atoms with E-state index in [1.807, 2.05) is 12.1 Å². The van der Waals surface area contributed by atoms with Crippen LogP contribution in [0.1, 0.15) is 39.9 Å². The lowest BCUT2D eigenvalue weighted by atomic mass is 9.85. The molecule has 0 saturated carbocycles. The summed E-state index contributed by atoms with van der Waals surface area (Å²) in [5.74, 6) is 1.03. The van der Waals surface area contributed by atoms with E-state index < -0.39 is 0 Å². The smallest absolute Gasteiger partial charge is 0.105 e. The first kappa shape index (κ1) is 14.3. The molecular formula is C14H26N2O. The van der Waals surface area contributed by atoms with Gasteiger partial charge in [0.25, 0.3) is 0 Å². The average molecular weight is 238 g/mol. The molecule has 3 heteroatoms. The molecule has 0 aliphatic heterocycles. The van der Waals surface area contributed by atoms with Gasteiger partial charge in [0.15, 0.2) is 0 Å². The van der Waals surface area contributed by atoms with Gasteiger partial charge in [-0.3, -0.25) is 0 Å². The predicted molar refractivity (Wildman–Crippen MR) is 71.9 cm³/mol. The largest absolute Gasteiger partial charge is 0.469 e. The normalized spacial score (nSPS) is 15.8. The predicted octanol–water partition coefficient (Wildman–Crippen LogP) is 2.56. The van der Waals surface area contributed by atoms with Crippen LogP contribution in [0.4, 0.5) is 0 Å². The van der Waals surface area contributed by atoms with E-state index in [2.05, 4.69) is 33.0 Å². The highest BCUT2D eigenvalue weighted by molar-refractivity contribution is 4.99. The number of hydrogen-bond acceptors (Lipinski definition) is 3. The van der Waals surface area contributed by atoms with Crippen molar-refractivity contribution < 1.29 is 4.42 Å². The van der Waals surface area contributed by atoms with Crippen molar-refractivity contribution in [3.8, 4) is 0 Å². The summed E-state index contributed by atoms with van der Waals surface area (Å²) < 4.78 is 5.32. The molecule has 3 nitrogen and oxygen atoms in total. The summed E-state index contributed by atoms with van der Waals surface area (Å²) in [7, 11) is 0. The third-order valence-electron chi connectivity index (χ3n) is 3.15. The summed E-state index contributed by atoms with van der Waals surface area (Å²) in [6.45, 7) is 9.68. The Morgan fingerprint density at radius 3 is 2.65 bits per heavy atom. The van der Waals surface area contributed by atoms with Gasteiger partial charge in [-0.15, -0.1) is 0 Å². The zero-order valence-electron chi connectivity index (χ0n) is 11.5. The van der Waals surface area contributed by atoms with Gasteiger partial charge in [-0.1, -0.05) is 20.8 Å². The lowest BCUT2D eigenvalue weighted by Gasteiger charge is -2.27. The topological polar surface area (TPSA) is 51.2 Å². The molecule has 2 atom stereocenters. The molecule has 98 valence electrons. The highest BCUT2D eigenvalue weighted by Gasteiger charge is 2.19. The molecule has 0 aromatic carbocycles. The molecule has 0 amide bonds. The molecule has 3 N–H and O–H groups in total. The van der Waals surface area contributed by atoms with Crippen LogP contribution in [-0.2, 0) is 6.42 Å². The Hall–Kier alpha value is -0.800. The van der Waals surface area contributed by atoms with E-state index in [-0.39, 0.29) is 11.5 Å². The van der Waals surface area contributed by atoms with E-state index in [1.54, 1.807) is 6.26 Å². The van der Waals surface area contributed by atoms with Gasteiger partial charge in [0, 0.05) is 18.5 Å². The fourth-order valence-corrected chi connectivity index (χ4v) is 1.72. The minimum absolute atomic E-state index is 0.186. The van der Waals surface area contributed by atoms with Gasteiger partial charge in [0.2, 0.25) is 0 Å². The Morgan fingerprint density at radius 2 is 2.12 bits per heavy atom. The second-order valence-electron chi connectivity index (χ2n) is 5.90. The SMILES string of the molecule is CC(Cc1ccco1)NCCC(N)C(C)(C)C. The average Bonchev–Trinajstić information content (AvgIpc) is 2.68. The third-order valence-corrected chi connectivity index (χ3v) is 3.15. The zero-order chi connectivity index (χ0) is 12.9. The van der Waals surface area contributed by atoms with E-state index in [1.165, 1.54) is 0 Å². The lowest BCUT2D eigenvalue weighted by molar-refractivity contribution is 0.299. The molecule has 0 bridgehead atoms. The molecule has 0 saturated heterocycles. The molecule has 0 spiro atoms. The Kier molecular flexibility index (Phi) is 5.22. The van der Waals surface area contributed by atoms with Crippen molar-refractivity contribution in [2.24, 2.45) is 11.1 Å². The molecule has 17 heavy (non-hydrogen) atoms. The minimum Gasteiger partial charge on any atom is -0.469 e. The van der Waals surface area contributed by atoms with Crippen LogP contribution in [-0.4, -0.2) is 18.6 Å². The van der Waals surface area contributed by atoms with Crippen molar-refractivity contribution in [1.29, 1.82) is 0 Å². The van der Waals surface area contributed by atoms with Gasteiger partial charge in [0.1, 0.15) is 5.76 Å². The summed E-state index contributed by atoms with van der Waals surface area (Å²) in [6.07, 6.45) is 3.65. The Labute approximate surface area is 105 Å². The zero-order valence-corrected chi connectivity index (χ0v) is 11.5. The number of nitrogens with one attached hydrogen (secondary N) is 1. The van der Waals surface area contributed by atoms with Gasteiger partial charge < -0.3 is 15.5 Å². The quantitative estimate of drug-likeness (QED) is 0.801. The fraction of sp³-hybridized carbons (Fsp3) is 0.714. The maximum atomic E-state index is 6.11. The molecule has 2 unspecified atom stereocenters. The van der Waals surface area contributed by atoms with E-state index in [0.29, 0.717) is 6.04 Å². The van der Waals surface area contributed by atoms with Gasteiger partial charge >= 0.3 is 0 Å². The van der Waals surface area contributed by atoms with Crippen LogP contribution in [0.2, 0.25) is 0 Å². The first-order valence-corrected chi connectivity index (χ1v) is 6.41. The van der Waals surface area contributed by atoms with Gasteiger partial charge in [-0.2, -0.15) is 0 Å². The van der Waals surface area contributed by atoms with Crippen molar-refractivity contribution in [2.75, 3.05) is 6.54 Å². The van der Waals surface area contributed by atoms with E-state index >= 15 is 0 Å². The van der Waals surface area contributed by atoms with Gasteiger partial charge in [-0.05, 0) is 37.4 Å². The second-order valence-corrected chi connectivity index (χ2v) is 5.90. The standard InChI is InChI=1S/C14H26N2O/c1-11(10-12-6-5-9-17-12)16-8-7-13(15)14(2,3)4/h5-6,9,11,13,16H,7-8,10,15H2,1-4H3. The summed E-state index contributed by atoms with van der Waals surface area (Å²) in [5.41, 5.74) is 6.30. The highest BCUT2D eigenvalue weighted by Crippen LogP contribution is 2.19. The van der Waals surface area contributed by atoms with Crippen LogP contribution in [0.15, 0.2) is 22.8 Å². The molecule has 0 fully saturated rings. The minimum atomic E-state index is 0.186. The maximum Gasteiger partial charge on any atom is 0.105 e. The summed E-state index contributed by atoms with van der Waals surface area (Å²) >= 11 is 0. The van der Waals surface area contributed by atoms with Crippen molar-refractivity contribution in [3.63, 3.8) is 0 Å². The monoisotopic (exact) mass is 238 g/mol. The van der Waals surface area contributed by atoms with E-state index in [9.17, 15) is 0 Å². The van der Waals surface area contributed by atoms with Gasteiger partial charge in [0.05, 0.1) is 6.26 Å². The number of rotatable bonds is 6. The van der Waals surface area contributed by atoms with Crippen LogP contribution in [0.25, 0.3) is 0 Å². The van der Waals surface area contributed by atoms with Crippen molar-refractivity contribution in [3.05, 3.63) is 24.2 Å². The van der Waals surface area contributed by atoms with Crippen LogP contribution in [0.5, 0.6) is 0 Å². The van der Waals surface area contributed by atoms with E-state index in [0.717, 1.165) is 25.1 Å². The maximum absolute atomic E-state index is 6.11. The van der Waals surface area contributed by atoms with Crippen LogP contribution >= 0.6 is 0 Å². The van der Waals surface area contributed by atoms with Crippen molar-refractivity contribution >= 4 is 0 Å². The summed E-state index contributed by atoms with van der Waals surface area (Å²) in [4.78, 5) is 0. The highest BCUT2D eigenvalue weighted by atomic mass is 16.3. The Morgan fingerprint density at radius 1 is 1.41 bits per heavy atom. The molecule has 1 aromatic heterocycles.